The van der Waals surface area contributed by atoms with Gasteiger partial charge in [-0.25, -0.2) is 0 Å². The highest BCUT2D eigenvalue weighted by Gasteiger charge is 2.22. The number of nitrogens with one attached hydrogen (secondary N) is 8. The minimum absolute atomic E-state index is 0.769. The lowest BCUT2D eigenvalue weighted by atomic mass is 9.81. The lowest BCUT2D eigenvalue weighted by Crippen LogP contribution is -2.22. The fraction of sp³-hybridized carbons (Fsp3) is 0.254. The van der Waals surface area contributed by atoms with Crippen LogP contribution in [0.4, 0.5) is 0 Å². The third-order valence-electron chi connectivity index (χ3n) is 14.6. The second-order valence-electron chi connectivity index (χ2n) is 18.7. The molecule has 8 N–H and O–H groups in total. The molecule has 0 aliphatic carbocycles. The average molecular weight is 885 g/mol. The lowest BCUT2D eigenvalue weighted by molar-refractivity contribution is 0.659. The Morgan fingerprint density at radius 3 is 0.746 bits per heavy atom. The van der Waals surface area contributed by atoms with Crippen molar-refractivity contribution in [1.82, 2.24) is 41.2 Å². The number of para-hydroxylation sites is 4. The lowest BCUT2D eigenvalue weighted by Gasteiger charge is -2.27. The van der Waals surface area contributed by atoms with Crippen LogP contribution in [-0.2, 0) is 58.8 Å². The monoisotopic (exact) mass is 885 g/mol. The quantitative estimate of drug-likeness (QED) is 0.0439. The maximum Gasteiger partial charge on any atom is 0.0456 e. The zero-order valence-electron chi connectivity index (χ0n) is 39.9. The first-order valence-corrected chi connectivity index (χ1v) is 24.0. The molecule has 8 nitrogen and oxygen atoms in total. The minimum atomic E-state index is 0.769. The van der Waals surface area contributed by atoms with E-state index >= 15 is 0 Å². The number of aromatic nitrogens is 4. The van der Waals surface area contributed by atoms with E-state index in [1.54, 1.807) is 0 Å². The first-order chi connectivity index (χ1) is 32.7. The van der Waals surface area contributed by atoms with E-state index < -0.39 is 0 Å². The normalized spacial score (nSPS) is 11.9. The van der Waals surface area contributed by atoms with E-state index in [9.17, 15) is 0 Å². The van der Waals surface area contributed by atoms with E-state index in [1.807, 2.05) is 0 Å². The van der Waals surface area contributed by atoms with Crippen LogP contribution in [-0.4, -0.2) is 19.9 Å². The summed E-state index contributed by atoms with van der Waals surface area (Å²) in [7, 11) is 0. The van der Waals surface area contributed by atoms with Crippen LogP contribution < -0.4 is 21.3 Å². The molecule has 0 saturated heterocycles. The van der Waals surface area contributed by atoms with Gasteiger partial charge in [-0.05, 0) is 185 Å². The smallest absolute Gasteiger partial charge is 0.0456 e. The Morgan fingerprint density at radius 1 is 0.284 bits per heavy atom. The molecule has 0 saturated carbocycles. The molecule has 0 fully saturated rings. The Hall–Kier alpha value is -6.68. The molecule has 4 heterocycles. The number of hydrogen-bond acceptors (Lipinski definition) is 4. The van der Waals surface area contributed by atoms with Crippen molar-refractivity contribution in [2.45, 2.75) is 100 Å². The van der Waals surface area contributed by atoms with Crippen LogP contribution in [0.3, 0.4) is 0 Å². The summed E-state index contributed by atoms with van der Waals surface area (Å²) in [4.78, 5) is 14.5. The van der Waals surface area contributed by atoms with Gasteiger partial charge < -0.3 is 41.2 Å². The van der Waals surface area contributed by atoms with Gasteiger partial charge in [-0.2, -0.15) is 0 Å². The molecule has 10 aromatic rings. The van der Waals surface area contributed by atoms with Crippen LogP contribution in [0.5, 0.6) is 0 Å². The van der Waals surface area contributed by atoms with Crippen LogP contribution in [0.2, 0.25) is 0 Å². The molecule has 4 aromatic heterocycles. The van der Waals surface area contributed by atoms with Gasteiger partial charge in [0, 0.05) is 97.2 Å². The molecule has 6 aromatic carbocycles. The summed E-state index contributed by atoms with van der Waals surface area (Å²) >= 11 is 0. The summed E-state index contributed by atoms with van der Waals surface area (Å²) in [6.45, 7) is 20.3. The van der Waals surface area contributed by atoms with E-state index in [-0.39, 0.29) is 0 Å². The minimum Gasteiger partial charge on any atom is -0.357 e. The fourth-order valence-electron chi connectivity index (χ4n) is 10.8. The number of H-pyrrole nitrogens is 4. The third-order valence-corrected chi connectivity index (χ3v) is 14.6. The van der Waals surface area contributed by atoms with Crippen molar-refractivity contribution in [2.24, 2.45) is 0 Å². The van der Waals surface area contributed by atoms with Gasteiger partial charge in [-0.15, -0.1) is 0 Å². The molecular weight excluding hydrogens is 821 g/mol. The maximum absolute atomic E-state index is 3.86. The highest BCUT2D eigenvalue weighted by molar-refractivity contribution is 5.82. The first kappa shape index (κ1) is 44.2. The number of rotatable bonds is 18. The molecule has 0 aliphatic rings. The summed E-state index contributed by atoms with van der Waals surface area (Å²) in [5.74, 6) is 0. The molecule has 0 atom stereocenters. The number of benzene rings is 6. The second-order valence-corrected chi connectivity index (χ2v) is 18.7. The molecule has 0 aliphatic heterocycles. The van der Waals surface area contributed by atoms with E-state index in [4.69, 9.17) is 0 Å². The van der Waals surface area contributed by atoms with Crippen molar-refractivity contribution < 1.29 is 0 Å². The fourth-order valence-corrected chi connectivity index (χ4v) is 10.8. The summed E-state index contributed by atoms with van der Waals surface area (Å²) in [5, 5.41) is 20.4. The van der Waals surface area contributed by atoms with Gasteiger partial charge >= 0.3 is 0 Å². The van der Waals surface area contributed by atoms with Crippen molar-refractivity contribution >= 4 is 43.6 Å². The molecule has 0 spiro atoms. The Bertz CT molecular complexity index is 2800. The zero-order valence-corrected chi connectivity index (χ0v) is 39.9. The molecule has 8 heteroatoms. The van der Waals surface area contributed by atoms with Gasteiger partial charge in [0.15, 0.2) is 0 Å². The van der Waals surface area contributed by atoms with Crippen molar-refractivity contribution in [3.05, 3.63) is 211 Å². The SMILES string of the molecule is Cc1c(CNCc2cc3ccccc3[nH]2)c(C)c(Cc2c(C)c(CNCc3cc4ccccc4[nH]3)c(C)c(CNCc3cc4ccccc4[nH]3)c2C)c(C)c1CNCc1cc2ccccc2[nH]1. The first-order valence-electron chi connectivity index (χ1n) is 24.0. The molecule has 340 valence electrons. The van der Waals surface area contributed by atoms with Crippen LogP contribution in [0.1, 0.15) is 89.5 Å². The number of aromatic amines is 4. The van der Waals surface area contributed by atoms with Crippen LogP contribution in [0.25, 0.3) is 43.6 Å². The van der Waals surface area contributed by atoms with Gasteiger partial charge in [0.1, 0.15) is 0 Å². The summed E-state index contributed by atoms with van der Waals surface area (Å²) in [6, 6.07) is 43.2. The van der Waals surface area contributed by atoms with Gasteiger partial charge in [0.2, 0.25) is 0 Å². The topological polar surface area (TPSA) is 111 Å². The Labute approximate surface area is 394 Å². The van der Waals surface area contributed by atoms with Crippen molar-refractivity contribution in [3.63, 3.8) is 0 Å². The summed E-state index contributed by atoms with van der Waals surface area (Å²) in [6.07, 6.45) is 0.865. The molecule has 67 heavy (non-hydrogen) atoms. The summed E-state index contributed by atoms with van der Waals surface area (Å²) < 4.78 is 0. The van der Waals surface area contributed by atoms with E-state index in [1.165, 1.54) is 133 Å². The van der Waals surface area contributed by atoms with Gasteiger partial charge in [0.05, 0.1) is 0 Å². The largest absolute Gasteiger partial charge is 0.357 e. The average Bonchev–Trinajstić information content (AvgIpc) is 4.14. The van der Waals surface area contributed by atoms with Crippen molar-refractivity contribution in [3.8, 4) is 0 Å². The molecule has 0 radical (unpaired) electrons. The molecule has 0 amide bonds. The predicted octanol–water partition coefficient (Wildman–Crippen LogP) is 12.2. The maximum atomic E-state index is 3.86. The highest BCUT2D eigenvalue weighted by Crippen LogP contribution is 2.35. The van der Waals surface area contributed by atoms with Crippen molar-refractivity contribution in [1.29, 1.82) is 0 Å². The zero-order chi connectivity index (χ0) is 46.0. The Morgan fingerprint density at radius 2 is 0.507 bits per heavy atom. The van der Waals surface area contributed by atoms with E-state index in [0.717, 1.165) is 58.8 Å². The van der Waals surface area contributed by atoms with Crippen molar-refractivity contribution in [2.75, 3.05) is 0 Å². The molecule has 0 unspecified atom stereocenters. The number of hydrogen-bond donors (Lipinski definition) is 8. The molecule has 10 rings (SSSR count). The standard InChI is InChI=1S/C59H64N8/c1-36-50(37(2)53(33-61-29-47-24-43-16-8-12-20-57(43)65-47)40(5)52(36)32-60-28-46-23-42-15-7-11-19-56(42)64-46)27-51-38(3)54(34-62-30-48-25-44-17-9-13-21-58(44)66-48)41(6)55(39(51)4)35-63-31-49-26-45-18-10-14-22-59(45)67-49/h7-26,60-67H,27-35H2,1-6H3. The second kappa shape index (κ2) is 19.3. The highest BCUT2D eigenvalue weighted by atomic mass is 14.9. The Kier molecular flexibility index (Phi) is 12.7. The van der Waals surface area contributed by atoms with Crippen LogP contribution >= 0.6 is 0 Å². The predicted molar refractivity (Wildman–Crippen MR) is 279 cm³/mol. The van der Waals surface area contributed by atoms with E-state index in [2.05, 4.69) is 204 Å². The van der Waals surface area contributed by atoms with Gasteiger partial charge in [-0.1, -0.05) is 72.8 Å². The third kappa shape index (κ3) is 9.23. The van der Waals surface area contributed by atoms with E-state index in [0.29, 0.717) is 0 Å². The Balaban J connectivity index is 0.975. The number of fused-ring (bicyclic) bond motifs is 4. The van der Waals surface area contributed by atoms with Gasteiger partial charge in [-0.3, -0.25) is 0 Å². The van der Waals surface area contributed by atoms with Crippen LogP contribution in [0.15, 0.2) is 121 Å². The van der Waals surface area contributed by atoms with Gasteiger partial charge in [0.25, 0.3) is 0 Å². The molecular formula is C59H64N8. The van der Waals surface area contributed by atoms with Crippen LogP contribution in [0, 0.1) is 41.5 Å². The molecule has 0 bridgehead atoms. The summed E-state index contributed by atoms with van der Waals surface area (Å²) in [5.41, 5.74) is 26.2.